The fourth-order valence-corrected chi connectivity index (χ4v) is 3.00. The number of para-hydroxylation sites is 2. The molecule has 0 aliphatic heterocycles. The van der Waals surface area contributed by atoms with Crippen LogP contribution in [0.1, 0.15) is 10.4 Å². The molecule has 0 atom stereocenters. The first kappa shape index (κ1) is 13.5. The second kappa shape index (κ2) is 5.25. The van der Waals surface area contributed by atoms with Crippen LogP contribution in [0, 0.1) is 0 Å². The van der Waals surface area contributed by atoms with Crippen molar-refractivity contribution < 1.29 is 9.53 Å². The zero-order chi connectivity index (χ0) is 15.8. The third-order valence-electron chi connectivity index (χ3n) is 3.98. The predicted molar refractivity (Wildman–Crippen MR) is 89.9 cm³/mol. The molecular weight excluding hydrogens is 288 g/mol. The number of hydrogen-bond donors (Lipinski definition) is 0. The van der Waals surface area contributed by atoms with Gasteiger partial charge in [0.05, 0.1) is 18.1 Å². The summed E-state index contributed by atoms with van der Waals surface area (Å²) in [6, 6.07) is 19.7. The Labute approximate surface area is 132 Å². The number of fused-ring (bicyclic) bond motifs is 3. The Bertz CT molecular complexity index is 981. The van der Waals surface area contributed by atoms with Gasteiger partial charge in [0.15, 0.2) is 5.82 Å². The molecule has 112 valence electrons. The summed E-state index contributed by atoms with van der Waals surface area (Å²) in [5, 5.41) is 2.26. The maximum absolute atomic E-state index is 12.1. The molecule has 0 N–H and O–H groups in total. The highest BCUT2D eigenvalue weighted by atomic mass is 16.5. The van der Waals surface area contributed by atoms with E-state index in [4.69, 9.17) is 4.74 Å². The van der Waals surface area contributed by atoms with Crippen molar-refractivity contribution in [3.63, 3.8) is 0 Å². The summed E-state index contributed by atoms with van der Waals surface area (Å²) in [5.41, 5.74) is 2.47. The third kappa shape index (κ3) is 1.99. The molecule has 0 bridgehead atoms. The highest BCUT2D eigenvalue weighted by Gasteiger charge is 2.18. The maximum atomic E-state index is 12.1. The molecule has 0 spiro atoms. The topological polar surface area (TPSA) is 44.1 Å². The molecule has 0 aliphatic carbocycles. The number of pyridine rings is 1. The van der Waals surface area contributed by atoms with E-state index in [0.717, 1.165) is 21.8 Å². The lowest BCUT2D eigenvalue weighted by molar-refractivity contribution is 0.0600. The molecule has 2 aromatic heterocycles. The molecular formula is C19H14N2O2. The summed E-state index contributed by atoms with van der Waals surface area (Å²) in [5.74, 6) is 0.187. The molecule has 4 nitrogen and oxygen atoms in total. The van der Waals surface area contributed by atoms with Crippen molar-refractivity contribution in [2.24, 2.45) is 0 Å². The normalized spacial score (nSPS) is 11.0. The number of nitrogens with zero attached hydrogens (tertiary/aromatic N) is 2. The average molecular weight is 302 g/mol. The lowest BCUT2D eigenvalue weighted by Crippen LogP contribution is -2.09. The van der Waals surface area contributed by atoms with E-state index in [-0.39, 0.29) is 0 Å². The fraction of sp³-hybridized carbons (Fsp3) is 0.0526. The molecule has 4 rings (SSSR count). The zero-order valence-corrected chi connectivity index (χ0v) is 12.6. The van der Waals surface area contributed by atoms with Crippen molar-refractivity contribution in [2.45, 2.75) is 0 Å². The van der Waals surface area contributed by atoms with Gasteiger partial charge in [0.1, 0.15) is 5.56 Å². The minimum atomic E-state index is -0.394. The molecule has 2 heterocycles. The Morgan fingerprint density at radius 2 is 1.52 bits per heavy atom. The van der Waals surface area contributed by atoms with Crippen LogP contribution in [-0.2, 0) is 4.74 Å². The molecule has 4 heteroatoms. The molecule has 4 aromatic rings. The van der Waals surface area contributed by atoms with Gasteiger partial charge in [-0.05, 0) is 24.3 Å². The van der Waals surface area contributed by atoms with Crippen LogP contribution in [0.15, 0.2) is 66.9 Å². The van der Waals surface area contributed by atoms with E-state index in [1.807, 2.05) is 41.0 Å². The Morgan fingerprint density at radius 3 is 2.13 bits per heavy atom. The van der Waals surface area contributed by atoms with Crippen LogP contribution in [0.5, 0.6) is 0 Å². The van der Waals surface area contributed by atoms with Crippen LogP contribution in [0.4, 0.5) is 0 Å². The van der Waals surface area contributed by atoms with Crippen molar-refractivity contribution in [1.29, 1.82) is 0 Å². The Kier molecular flexibility index (Phi) is 3.08. The van der Waals surface area contributed by atoms with Crippen LogP contribution in [0.25, 0.3) is 27.6 Å². The molecule has 0 fully saturated rings. The van der Waals surface area contributed by atoms with Gasteiger partial charge in [-0.1, -0.05) is 36.4 Å². The molecule has 0 unspecified atom stereocenters. The second-order valence-corrected chi connectivity index (χ2v) is 5.24. The van der Waals surface area contributed by atoms with Gasteiger partial charge in [0.25, 0.3) is 0 Å². The minimum Gasteiger partial charge on any atom is -0.465 e. The molecule has 0 aliphatic rings. The largest absolute Gasteiger partial charge is 0.465 e. The summed E-state index contributed by atoms with van der Waals surface area (Å²) in [4.78, 5) is 16.6. The Morgan fingerprint density at radius 1 is 0.913 bits per heavy atom. The minimum absolute atomic E-state index is 0.394. The zero-order valence-electron chi connectivity index (χ0n) is 12.6. The first-order valence-corrected chi connectivity index (χ1v) is 7.33. The van der Waals surface area contributed by atoms with Gasteiger partial charge in [0.2, 0.25) is 0 Å². The first-order valence-electron chi connectivity index (χ1n) is 7.33. The van der Waals surface area contributed by atoms with E-state index in [1.165, 1.54) is 7.11 Å². The molecule has 0 amide bonds. The highest BCUT2D eigenvalue weighted by Crippen LogP contribution is 2.32. The van der Waals surface area contributed by atoms with Gasteiger partial charge in [-0.2, -0.15) is 0 Å². The Balaban J connectivity index is 2.16. The summed E-state index contributed by atoms with van der Waals surface area (Å²) in [7, 11) is 1.38. The number of ether oxygens (including phenoxy) is 1. The molecule has 23 heavy (non-hydrogen) atoms. The van der Waals surface area contributed by atoms with E-state index in [9.17, 15) is 4.79 Å². The van der Waals surface area contributed by atoms with E-state index < -0.39 is 5.97 Å². The van der Waals surface area contributed by atoms with Gasteiger partial charge >= 0.3 is 5.97 Å². The van der Waals surface area contributed by atoms with E-state index >= 15 is 0 Å². The quantitative estimate of drug-likeness (QED) is 0.526. The van der Waals surface area contributed by atoms with E-state index in [1.54, 1.807) is 18.3 Å². The third-order valence-corrected chi connectivity index (χ3v) is 3.98. The number of carbonyl (C=O) groups is 1. The predicted octanol–water partition coefficient (Wildman–Crippen LogP) is 3.97. The maximum Gasteiger partial charge on any atom is 0.341 e. The van der Waals surface area contributed by atoms with Crippen molar-refractivity contribution in [2.75, 3.05) is 7.11 Å². The highest BCUT2D eigenvalue weighted by molar-refractivity contribution is 6.09. The number of benzene rings is 2. The lowest BCUT2D eigenvalue weighted by atomic mass is 10.2. The lowest BCUT2D eigenvalue weighted by Gasteiger charge is -2.10. The van der Waals surface area contributed by atoms with Crippen molar-refractivity contribution in [3.05, 3.63) is 72.4 Å². The summed E-state index contributed by atoms with van der Waals surface area (Å²) >= 11 is 0. The van der Waals surface area contributed by atoms with Crippen molar-refractivity contribution in [1.82, 2.24) is 9.55 Å². The molecule has 2 aromatic carbocycles. The fourth-order valence-electron chi connectivity index (χ4n) is 3.00. The van der Waals surface area contributed by atoms with E-state index in [2.05, 4.69) is 17.1 Å². The van der Waals surface area contributed by atoms with Crippen LogP contribution in [-0.4, -0.2) is 22.6 Å². The number of rotatable bonds is 2. The number of carbonyl (C=O) groups excluding carboxylic acids is 1. The molecule has 0 saturated heterocycles. The van der Waals surface area contributed by atoms with Crippen LogP contribution < -0.4 is 0 Å². The monoisotopic (exact) mass is 302 g/mol. The standard InChI is InChI=1S/C19H14N2O2/c1-23-19(22)15-9-6-12-20-18(15)21-16-10-4-2-7-13(16)14-8-3-5-11-17(14)21/h2-12H,1H3. The summed E-state index contributed by atoms with van der Waals surface area (Å²) in [6.07, 6.45) is 1.69. The van der Waals surface area contributed by atoms with Crippen LogP contribution >= 0.6 is 0 Å². The van der Waals surface area contributed by atoms with E-state index in [0.29, 0.717) is 11.4 Å². The molecule has 0 radical (unpaired) electrons. The summed E-state index contributed by atoms with van der Waals surface area (Å²) < 4.78 is 6.92. The van der Waals surface area contributed by atoms with Crippen molar-refractivity contribution >= 4 is 27.8 Å². The average Bonchev–Trinajstić information content (AvgIpc) is 2.95. The van der Waals surface area contributed by atoms with Crippen molar-refractivity contribution in [3.8, 4) is 5.82 Å². The van der Waals surface area contributed by atoms with Gasteiger partial charge in [0, 0.05) is 17.0 Å². The Hall–Kier alpha value is -3.14. The SMILES string of the molecule is COC(=O)c1cccnc1-n1c2ccccc2c2ccccc21. The summed E-state index contributed by atoms with van der Waals surface area (Å²) in [6.45, 7) is 0. The number of aromatic nitrogens is 2. The van der Waals surface area contributed by atoms with Gasteiger partial charge < -0.3 is 4.74 Å². The number of esters is 1. The van der Waals surface area contributed by atoms with Gasteiger partial charge in [-0.15, -0.1) is 0 Å². The smallest absolute Gasteiger partial charge is 0.341 e. The molecule has 0 saturated carbocycles. The second-order valence-electron chi connectivity index (χ2n) is 5.24. The van der Waals surface area contributed by atoms with Gasteiger partial charge in [-0.25, -0.2) is 9.78 Å². The van der Waals surface area contributed by atoms with Gasteiger partial charge in [-0.3, -0.25) is 4.57 Å². The number of methoxy groups -OCH3 is 1. The first-order chi connectivity index (χ1) is 11.3. The van der Waals surface area contributed by atoms with Crippen LogP contribution in [0.3, 0.4) is 0 Å². The number of hydrogen-bond acceptors (Lipinski definition) is 3. The van der Waals surface area contributed by atoms with Crippen LogP contribution in [0.2, 0.25) is 0 Å².